The number of amides is 1. The van der Waals surface area contributed by atoms with Gasteiger partial charge in [-0.2, -0.15) is 0 Å². The van der Waals surface area contributed by atoms with Gasteiger partial charge in [0.25, 0.3) is 0 Å². The van der Waals surface area contributed by atoms with Crippen molar-refractivity contribution in [3.8, 4) is 5.75 Å². The van der Waals surface area contributed by atoms with Crippen LogP contribution in [0.1, 0.15) is 25.3 Å². The molecule has 2 N–H and O–H groups in total. The lowest BCUT2D eigenvalue weighted by atomic mass is 9.91. The van der Waals surface area contributed by atoms with Gasteiger partial charge in [-0.3, -0.25) is 4.79 Å². The maximum atomic E-state index is 12.2. The lowest BCUT2D eigenvalue weighted by molar-refractivity contribution is -0.121. The zero-order valence-corrected chi connectivity index (χ0v) is 12.3. The molecule has 0 saturated carbocycles. The number of methoxy groups -OCH3 is 1. The fourth-order valence-corrected chi connectivity index (χ4v) is 2.79. The third kappa shape index (κ3) is 3.97. The quantitative estimate of drug-likeness (QED) is 0.861. The van der Waals surface area contributed by atoms with Gasteiger partial charge in [0.05, 0.1) is 13.5 Å². The molecular weight excluding hydrogens is 252 g/mol. The summed E-state index contributed by atoms with van der Waals surface area (Å²) in [4.78, 5) is 12.2. The van der Waals surface area contributed by atoms with Crippen LogP contribution in [0.25, 0.3) is 0 Å². The number of carbonyl (C=O) groups is 1. The topological polar surface area (TPSA) is 50.4 Å². The molecule has 0 aliphatic carbocycles. The second-order valence-electron chi connectivity index (χ2n) is 5.43. The fraction of sp³-hybridized carbons (Fsp3) is 0.562. The van der Waals surface area contributed by atoms with Gasteiger partial charge in [0.2, 0.25) is 5.91 Å². The molecule has 0 spiro atoms. The zero-order valence-electron chi connectivity index (χ0n) is 12.3. The Bertz CT molecular complexity index is 442. The van der Waals surface area contributed by atoms with Gasteiger partial charge in [0.15, 0.2) is 0 Å². The molecule has 110 valence electrons. The highest BCUT2D eigenvalue weighted by Crippen LogP contribution is 2.19. The van der Waals surface area contributed by atoms with Gasteiger partial charge >= 0.3 is 0 Å². The van der Waals surface area contributed by atoms with E-state index in [1.54, 1.807) is 7.11 Å². The highest BCUT2D eigenvalue weighted by atomic mass is 16.5. The highest BCUT2D eigenvalue weighted by Gasteiger charge is 2.21. The predicted octanol–water partition coefficient (Wildman–Crippen LogP) is 1.74. The summed E-state index contributed by atoms with van der Waals surface area (Å²) in [6.07, 6.45) is 2.64. The molecule has 20 heavy (non-hydrogen) atoms. The first kappa shape index (κ1) is 14.9. The first-order valence-corrected chi connectivity index (χ1v) is 7.32. The molecule has 1 amide bonds. The van der Waals surface area contributed by atoms with Gasteiger partial charge in [0.1, 0.15) is 5.75 Å². The molecule has 4 nitrogen and oxygen atoms in total. The fourth-order valence-electron chi connectivity index (χ4n) is 2.79. The van der Waals surface area contributed by atoms with Crippen LogP contribution < -0.4 is 15.4 Å². The van der Waals surface area contributed by atoms with Crippen molar-refractivity contribution in [2.24, 2.45) is 5.92 Å². The molecule has 1 aromatic rings. The molecule has 0 radical (unpaired) electrons. The smallest absolute Gasteiger partial charge is 0.224 e. The maximum absolute atomic E-state index is 12.2. The second-order valence-corrected chi connectivity index (χ2v) is 5.43. The predicted molar refractivity (Wildman–Crippen MR) is 79.9 cm³/mol. The van der Waals surface area contributed by atoms with Gasteiger partial charge in [-0.25, -0.2) is 0 Å². The van der Waals surface area contributed by atoms with Gasteiger partial charge in [-0.15, -0.1) is 0 Å². The number of nitrogens with one attached hydrogen (secondary N) is 2. The maximum Gasteiger partial charge on any atom is 0.224 e. The highest BCUT2D eigenvalue weighted by molar-refractivity contribution is 5.79. The molecule has 1 unspecified atom stereocenters. The van der Waals surface area contributed by atoms with E-state index in [0.717, 1.165) is 37.2 Å². The van der Waals surface area contributed by atoms with Crippen LogP contribution in [-0.2, 0) is 11.2 Å². The number of hydrogen-bond donors (Lipinski definition) is 2. The van der Waals surface area contributed by atoms with Crippen LogP contribution in [0.2, 0.25) is 0 Å². The van der Waals surface area contributed by atoms with E-state index in [1.807, 2.05) is 24.3 Å². The summed E-state index contributed by atoms with van der Waals surface area (Å²) in [6.45, 7) is 4.21. The molecule has 0 aromatic heterocycles. The summed E-state index contributed by atoms with van der Waals surface area (Å²) in [5.41, 5.74) is 0.935. The summed E-state index contributed by atoms with van der Waals surface area (Å²) >= 11 is 0. The van der Waals surface area contributed by atoms with E-state index in [4.69, 9.17) is 4.74 Å². The summed E-state index contributed by atoms with van der Waals surface area (Å²) < 4.78 is 5.28. The minimum Gasteiger partial charge on any atom is -0.496 e. The van der Waals surface area contributed by atoms with E-state index in [1.165, 1.54) is 0 Å². The van der Waals surface area contributed by atoms with Gasteiger partial charge in [-0.05, 0) is 44.8 Å². The van der Waals surface area contributed by atoms with Gasteiger partial charge in [0, 0.05) is 11.6 Å². The van der Waals surface area contributed by atoms with Gasteiger partial charge < -0.3 is 15.4 Å². The summed E-state index contributed by atoms with van der Waals surface area (Å²) in [5, 5.41) is 6.48. The third-order valence-corrected chi connectivity index (χ3v) is 4.02. The molecule has 4 heteroatoms. The van der Waals surface area contributed by atoms with Crippen LogP contribution in [0.3, 0.4) is 0 Å². The minimum atomic E-state index is 0.0699. The summed E-state index contributed by atoms with van der Waals surface area (Å²) in [7, 11) is 1.63. The first-order chi connectivity index (χ1) is 9.70. The van der Waals surface area contributed by atoms with E-state index < -0.39 is 0 Å². The number of rotatable bonds is 5. The second kappa shape index (κ2) is 7.29. The average molecular weight is 276 g/mol. The summed E-state index contributed by atoms with van der Waals surface area (Å²) in [6, 6.07) is 7.91. The number of carbonyl (C=O) groups excluding carboxylic acids is 1. The van der Waals surface area contributed by atoms with E-state index in [9.17, 15) is 4.79 Å². The van der Waals surface area contributed by atoms with Crippen molar-refractivity contribution in [3.05, 3.63) is 29.8 Å². The lowest BCUT2D eigenvalue weighted by Gasteiger charge is -2.28. The van der Waals surface area contributed by atoms with Crippen molar-refractivity contribution < 1.29 is 9.53 Å². The zero-order chi connectivity index (χ0) is 14.4. The Kier molecular flexibility index (Phi) is 5.41. The number of ether oxygens (including phenoxy) is 1. The molecule has 2 rings (SSSR count). The molecule has 1 aliphatic rings. The van der Waals surface area contributed by atoms with Crippen LogP contribution in [0.5, 0.6) is 5.75 Å². The average Bonchev–Trinajstić information content (AvgIpc) is 2.48. The molecule has 0 bridgehead atoms. The van der Waals surface area contributed by atoms with Gasteiger partial charge in [-0.1, -0.05) is 18.2 Å². The van der Waals surface area contributed by atoms with Crippen LogP contribution in [-0.4, -0.2) is 32.1 Å². The molecular formula is C16H24N2O2. The Morgan fingerprint density at radius 1 is 1.40 bits per heavy atom. The van der Waals surface area contributed by atoms with Crippen molar-refractivity contribution in [2.75, 3.05) is 20.2 Å². The Balaban J connectivity index is 1.88. The Labute approximate surface area is 120 Å². The first-order valence-electron chi connectivity index (χ1n) is 7.32. The van der Waals surface area contributed by atoms with Crippen molar-refractivity contribution in [1.29, 1.82) is 0 Å². The summed E-state index contributed by atoms with van der Waals surface area (Å²) in [5.74, 6) is 1.43. The molecule has 1 aromatic carbocycles. The lowest BCUT2D eigenvalue weighted by Crippen LogP contribution is -2.43. The van der Waals surface area contributed by atoms with E-state index >= 15 is 0 Å². The van der Waals surface area contributed by atoms with Crippen LogP contribution in [0.15, 0.2) is 24.3 Å². The Hall–Kier alpha value is -1.55. The molecule has 1 fully saturated rings. The van der Waals surface area contributed by atoms with Crippen LogP contribution >= 0.6 is 0 Å². The molecule has 1 heterocycles. The standard InChI is InChI=1S/C16H24N2O2/c1-12(13-7-9-17-10-8-13)18-16(19)11-14-5-3-4-6-15(14)20-2/h3-6,12-13,17H,7-11H2,1-2H3,(H,18,19). The SMILES string of the molecule is COc1ccccc1CC(=O)NC(C)C1CCNCC1. The van der Waals surface area contributed by atoms with E-state index in [2.05, 4.69) is 17.6 Å². The molecule has 1 atom stereocenters. The van der Waals surface area contributed by atoms with Crippen LogP contribution in [0.4, 0.5) is 0 Å². The third-order valence-electron chi connectivity index (χ3n) is 4.02. The number of hydrogen-bond acceptors (Lipinski definition) is 3. The minimum absolute atomic E-state index is 0.0699. The number of para-hydroxylation sites is 1. The normalized spacial score (nSPS) is 17.5. The van der Waals surface area contributed by atoms with Crippen molar-refractivity contribution in [2.45, 2.75) is 32.2 Å². The molecule has 1 saturated heterocycles. The number of benzene rings is 1. The number of piperidine rings is 1. The van der Waals surface area contributed by atoms with Crippen molar-refractivity contribution in [3.63, 3.8) is 0 Å². The largest absolute Gasteiger partial charge is 0.496 e. The van der Waals surface area contributed by atoms with Crippen molar-refractivity contribution >= 4 is 5.91 Å². The van der Waals surface area contributed by atoms with Crippen LogP contribution in [0, 0.1) is 5.92 Å². The monoisotopic (exact) mass is 276 g/mol. The van der Waals surface area contributed by atoms with E-state index in [-0.39, 0.29) is 11.9 Å². The molecule has 1 aliphatic heterocycles. The Morgan fingerprint density at radius 3 is 2.80 bits per heavy atom. The van der Waals surface area contributed by atoms with E-state index in [0.29, 0.717) is 12.3 Å². The Morgan fingerprint density at radius 2 is 2.10 bits per heavy atom. The van der Waals surface area contributed by atoms with Crippen molar-refractivity contribution in [1.82, 2.24) is 10.6 Å².